The molecule has 0 aliphatic heterocycles. The van der Waals surface area contributed by atoms with Gasteiger partial charge in [0.05, 0.1) is 11.0 Å². The van der Waals surface area contributed by atoms with Crippen molar-refractivity contribution in [2.24, 2.45) is 0 Å². The number of hydrogen-bond acceptors (Lipinski definition) is 3. The second-order valence-electron chi connectivity index (χ2n) is 5.30. The fourth-order valence-electron chi connectivity index (χ4n) is 2.38. The second kappa shape index (κ2) is 6.44. The van der Waals surface area contributed by atoms with Crippen LogP contribution in [0.3, 0.4) is 0 Å². The molecular weight excluding hydrogens is 254 g/mol. The number of aryl methyl sites for hydroxylation is 3. The summed E-state index contributed by atoms with van der Waals surface area (Å²) in [7, 11) is 4.23. The third-order valence-corrected chi connectivity index (χ3v) is 3.53. The predicted molar refractivity (Wildman–Crippen MR) is 85.2 cm³/mol. The molecule has 0 aliphatic carbocycles. The minimum absolute atomic E-state index is 0.843. The third kappa shape index (κ3) is 3.51. The van der Waals surface area contributed by atoms with E-state index >= 15 is 0 Å². The topological polar surface area (TPSA) is 21.1 Å². The zero-order valence-corrected chi connectivity index (χ0v) is 13.0. The summed E-state index contributed by atoms with van der Waals surface area (Å²) >= 11 is 4.34. The summed E-state index contributed by atoms with van der Waals surface area (Å²) in [5.41, 5.74) is 3.63. The van der Waals surface area contributed by atoms with Gasteiger partial charge in [-0.3, -0.25) is 0 Å². The standard InChI is InChI=1S/C15H23N3S/c1-12-5-6-14-13(11-12)16-15(7-10-19)18(14)9-4-8-17(2)3/h5-6,11,19H,4,7-10H2,1-3H3. The summed E-state index contributed by atoms with van der Waals surface area (Å²) < 4.78 is 2.36. The molecule has 0 radical (unpaired) electrons. The lowest BCUT2D eigenvalue weighted by molar-refractivity contribution is 0.386. The highest BCUT2D eigenvalue weighted by atomic mass is 32.1. The molecule has 0 amide bonds. The summed E-state index contributed by atoms with van der Waals surface area (Å²) in [6.45, 7) is 4.25. The van der Waals surface area contributed by atoms with Gasteiger partial charge in [0.25, 0.3) is 0 Å². The molecule has 104 valence electrons. The van der Waals surface area contributed by atoms with Crippen molar-refractivity contribution in [3.8, 4) is 0 Å². The van der Waals surface area contributed by atoms with E-state index in [2.05, 4.69) is 61.3 Å². The first-order chi connectivity index (χ1) is 9.11. The number of fused-ring (bicyclic) bond motifs is 1. The molecule has 1 aromatic carbocycles. The summed E-state index contributed by atoms with van der Waals surface area (Å²) in [4.78, 5) is 6.99. The molecule has 0 aliphatic rings. The molecule has 1 aromatic heterocycles. The highest BCUT2D eigenvalue weighted by Crippen LogP contribution is 2.19. The first-order valence-electron chi connectivity index (χ1n) is 6.83. The number of rotatable bonds is 6. The lowest BCUT2D eigenvalue weighted by atomic mass is 10.2. The van der Waals surface area contributed by atoms with Crippen LogP contribution < -0.4 is 0 Å². The van der Waals surface area contributed by atoms with E-state index in [1.165, 1.54) is 11.1 Å². The highest BCUT2D eigenvalue weighted by Gasteiger charge is 2.10. The Morgan fingerprint density at radius 3 is 2.79 bits per heavy atom. The van der Waals surface area contributed by atoms with Crippen LogP contribution in [0.4, 0.5) is 0 Å². The Morgan fingerprint density at radius 2 is 2.11 bits per heavy atom. The molecule has 3 nitrogen and oxygen atoms in total. The summed E-state index contributed by atoms with van der Waals surface area (Å²) in [5, 5.41) is 0. The van der Waals surface area contributed by atoms with Crippen LogP contribution >= 0.6 is 12.6 Å². The van der Waals surface area contributed by atoms with E-state index in [1.807, 2.05) is 0 Å². The lowest BCUT2D eigenvalue weighted by Crippen LogP contribution is -2.16. The average molecular weight is 277 g/mol. The molecule has 0 atom stereocenters. The number of benzene rings is 1. The Kier molecular flexibility index (Phi) is 4.88. The van der Waals surface area contributed by atoms with Gasteiger partial charge in [-0.1, -0.05) is 6.07 Å². The van der Waals surface area contributed by atoms with Crippen LogP contribution in [0.25, 0.3) is 11.0 Å². The van der Waals surface area contributed by atoms with E-state index in [9.17, 15) is 0 Å². The quantitative estimate of drug-likeness (QED) is 0.820. The Balaban J connectivity index is 2.29. The minimum Gasteiger partial charge on any atom is -0.328 e. The maximum absolute atomic E-state index is 4.76. The van der Waals surface area contributed by atoms with Gasteiger partial charge in [-0.15, -0.1) is 0 Å². The number of thiol groups is 1. The first-order valence-corrected chi connectivity index (χ1v) is 7.46. The van der Waals surface area contributed by atoms with Gasteiger partial charge in [0, 0.05) is 13.0 Å². The van der Waals surface area contributed by atoms with E-state index in [0.717, 1.165) is 43.0 Å². The van der Waals surface area contributed by atoms with Crippen molar-refractivity contribution in [3.63, 3.8) is 0 Å². The van der Waals surface area contributed by atoms with Crippen molar-refractivity contribution in [1.29, 1.82) is 0 Å². The molecule has 0 spiro atoms. The number of hydrogen-bond donors (Lipinski definition) is 1. The average Bonchev–Trinajstić information content (AvgIpc) is 2.66. The molecule has 0 unspecified atom stereocenters. The Morgan fingerprint density at radius 1 is 1.32 bits per heavy atom. The summed E-state index contributed by atoms with van der Waals surface area (Å²) in [5.74, 6) is 2.00. The maximum Gasteiger partial charge on any atom is 0.110 e. The largest absolute Gasteiger partial charge is 0.328 e. The van der Waals surface area contributed by atoms with Crippen LogP contribution in [0.5, 0.6) is 0 Å². The molecule has 0 saturated heterocycles. The van der Waals surface area contributed by atoms with Gasteiger partial charge in [-0.2, -0.15) is 12.6 Å². The minimum atomic E-state index is 0.843. The maximum atomic E-state index is 4.76. The number of imidazole rings is 1. The van der Waals surface area contributed by atoms with Crippen molar-refractivity contribution >= 4 is 23.7 Å². The van der Waals surface area contributed by atoms with E-state index in [4.69, 9.17) is 4.98 Å². The van der Waals surface area contributed by atoms with Crippen LogP contribution in [0, 0.1) is 6.92 Å². The fraction of sp³-hybridized carbons (Fsp3) is 0.533. The van der Waals surface area contributed by atoms with E-state index in [0.29, 0.717) is 0 Å². The Hall–Kier alpha value is -1.00. The molecule has 0 bridgehead atoms. The van der Waals surface area contributed by atoms with Gasteiger partial charge in [-0.25, -0.2) is 4.98 Å². The normalized spacial score (nSPS) is 11.6. The molecule has 0 saturated carbocycles. The van der Waals surface area contributed by atoms with E-state index in [1.54, 1.807) is 0 Å². The first kappa shape index (κ1) is 14.4. The van der Waals surface area contributed by atoms with Crippen LogP contribution in [-0.4, -0.2) is 40.8 Å². The zero-order valence-electron chi connectivity index (χ0n) is 12.1. The van der Waals surface area contributed by atoms with Crippen LogP contribution in [-0.2, 0) is 13.0 Å². The van der Waals surface area contributed by atoms with Crippen molar-refractivity contribution in [2.45, 2.75) is 26.3 Å². The van der Waals surface area contributed by atoms with Gasteiger partial charge in [0.1, 0.15) is 5.82 Å². The van der Waals surface area contributed by atoms with Crippen molar-refractivity contribution in [3.05, 3.63) is 29.6 Å². The monoisotopic (exact) mass is 277 g/mol. The van der Waals surface area contributed by atoms with E-state index in [-0.39, 0.29) is 0 Å². The Labute approximate surface area is 121 Å². The van der Waals surface area contributed by atoms with Gasteiger partial charge in [0.2, 0.25) is 0 Å². The van der Waals surface area contributed by atoms with Crippen LogP contribution in [0.2, 0.25) is 0 Å². The molecular formula is C15H23N3S. The predicted octanol–water partition coefficient (Wildman–Crippen LogP) is 2.77. The summed E-state index contributed by atoms with van der Waals surface area (Å²) in [6, 6.07) is 6.52. The SMILES string of the molecule is Cc1ccc2c(c1)nc(CCS)n2CCCN(C)C. The van der Waals surface area contributed by atoms with Gasteiger partial charge in [0.15, 0.2) is 0 Å². The van der Waals surface area contributed by atoms with Gasteiger partial charge < -0.3 is 9.47 Å². The molecule has 19 heavy (non-hydrogen) atoms. The van der Waals surface area contributed by atoms with Gasteiger partial charge in [-0.05, 0) is 57.4 Å². The van der Waals surface area contributed by atoms with Crippen molar-refractivity contribution in [2.75, 3.05) is 26.4 Å². The lowest BCUT2D eigenvalue weighted by Gasteiger charge is -2.12. The molecule has 4 heteroatoms. The summed E-state index contributed by atoms with van der Waals surface area (Å²) in [6.07, 6.45) is 2.07. The van der Waals surface area contributed by atoms with Gasteiger partial charge >= 0.3 is 0 Å². The van der Waals surface area contributed by atoms with Crippen molar-refractivity contribution < 1.29 is 0 Å². The fourth-order valence-corrected chi connectivity index (χ4v) is 2.58. The second-order valence-corrected chi connectivity index (χ2v) is 5.75. The molecule has 0 N–H and O–H groups in total. The van der Waals surface area contributed by atoms with E-state index < -0.39 is 0 Å². The van der Waals surface area contributed by atoms with Crippen molar-refractivity contribution in [1.82, 2.24) is 14.5 Å². The third-order valence-electron chi connectivity index (χ3n) is 3.31. The number of nitrogens with zero attached hydrogens (tertiary/aromatic N) is 3. The molecule has 1 heterocycles. The smallest absolute Gasteiger partial charge is 0.110 e. The Bertz CT molecular complexity index is 546. The number of aromatic nitrogens is 2. The zero-order chi connectivity index (χ0) is 13.8. The van der Waals surface area contributed by atoms with Crippen LogP contribution in [0.15, 0.2) is 18.2 Å². The molecule has 2 rings (SSSR count). The molecule has 2 aromatic rings. The highest BCUT2D eigenvalue weighted by molar-refractivity contribution is 7.80. The molecule has 0 fully saturated rings. The van der Waals surface area contributed by atoms with Crippen LogP contribution in [0.1, 0.15) is 17.8 Å².